The van der Waals surface area contributed by atoms with E-state index in [1.54, 1.807) is 12.3 Å². The van der Waals surface area contributed by atoms with Crippen LogP contribution in [0.2, 0.25) is 5.02 Å². The Morgan fingerprint density at radius 3 is 3.00 bits per heavy atom. The lowest BCUT2D eigenvalue weighted by atomic mass is 9.49. The minimum absolute atomic E-state index is 0.318. The highest BCUT2D eigenvalue weighted by atomic mass is 35.5. The first-order chi connectivity index (χ1) is 11.9. The van der Waals surface area contributed by atoms with Gasteiger partial charge in [0, 0.05) is 10.1 Å². The normalized spacial score (nSPS) is 24.2. The number of thiophene rings is 1. The molecule has 25 heavy (non-hydrogen) atoms. The van der Waals surface area contributed by atoms with E-state index in [0.29, 0.717) is 31.3 Å². The number of carbonyl (C=O) groups is 1. The van der Waals surface area contributed by atoms with E-state index in [9.17, 15) is 9.18 Å². The second-order valence-electron chi connectivity index (χ2n) is 7.33. The van der Waals surface area contributed by atoms with Crippen LogP contribution in [0.25, 0.3) is 10.1 Å². The van der Waals surface area contributed by atoms with Crippen molar-refractivity contribution >= 4 is 45.1 Å². The minimum Gasteiger partial charge on any atom is -0.266 e. The highest BCUT2D eigenvalue weighted by Crippen LogP contribution is 2.58. The number of rotatable bonds is 3. The second kappa shape index (κ2) is 5.92. The summed E-state index contributed by atoms with van der Waals surface area (Å²) in [6.07, 6.45) is 6.24. The van der Waals surface area contributed by atoms with Crippen molar-refractivity contribution in [3.63, 3.8) is 0 Å². The molecule has 1 aromatic heterocycles. The van der Waals surface area contributed by atoms with Gasteiger partial charge < -0.3 is 0 Å². The summed E-state index contributed by atoms with van der Waals surface area (Å²) in [5.41, 5.74) is 4.06. The first-order valence-electron chi connectivity index (χ1n) is 8.29. The zero-order valence-electron chi connectivity index (χ0n) is 14.0. The molecule has 1 amide bonds. The van der Waals surface area contributed by atoms with Crippen LogP contribution in [-0.4, -0.2) is 12.1 Å². The Morgan fingerprint density at radius 2 is 2.28 bits per heavy atom. The number of halogens is 2. The SMILES string of the molecule is CC1(C)C2CC=C(/C=N/NC(=O)c3sc4cc(F)ccc4c3Cl)C1C2. The van der Waals surface area contributed by atoms with Crippen molar-refractivity contribution in [2.24, 2.45) is 22.4 Å². The molecular formula is C19H18ClFN2OS. The first kappa shape index (κ1) is 16.7. The van der Waals surface area contributed by atoms with Crippen LogP contribution >= 0.6 is 22.9 Å². The molecule has 2 atom stereocenters. The smallest absolute Gasteiger partial charge is 0.266 e. The van der Waals surface area contributed by atoms with Crippen LogP contribution in [0, 0.1) is 23.1 Å². The maximum absolute atomic E-state index is 13.3. The summed E-state index contributed by atoms with van der Waals surface area (Å²) < 4.78 is 14.0. The predicted molar refractivity (Wildman–Crippen MR) is 101 cm³/mol. The number of hydrazone groups is 1. The molecular weight excluding hydrogens is 359 g/mol. The van der Waals surface area contributed by atoms with Gasteiger partial charge in [0.15, 0.2) is 0 Å². The zero-order chi connectivity index (χ0) is 17.8. The van der Waals surface area contributed by atoms with Crippen molar-refractivity contribution in [1.29, 1.82) is 0 Å². The number of benzene rings is 1. The molecule has 1 saturated carbocycles. The Hall–Kier alpha value is -1.72. The molecule has 6 heteroatoms. The average Bonchev–Trinajstić information content (AvgIpc) is 2.91. The van der Waals surface area contributed by atoms with Crippen LogP contribution in [0.5, 0.6) is 0 Å². The largest absolute Gasteiger partial charge is 0.283 e. The highest BCUT2D eigenvalue weighted by molar-refractivity contribution is 7.21. The lowest BCUT2D eigenvalue weighted by Crippen LogP contribution is -2.48. The van der Waals surface area contributed by atoms with Crippen LogP contribution in [-0.2, 0) is 0 Å². The van der Waals surface area contributed by atoms with Gasteiger partial charge in [-0.05, 0) is 53.9 Å². The summed E-state index contributed by atoms with van der Waals surface area (Å²) in [7, 11) is 0. The molecule has 1 N–H and O–H groups in total. The molecule has 3 nitrogen and oxygen atoms in total. The van der Waals surface area contributed by atoms with Crippen molar-refractivity contribution in [3.05, 3.63) is 45.6 Å². The van der Waals surface area contributed by atoms with Crippen molar-refractivity contribution in [3.8, 4) is 0 Å². The van der Waals surface area contributed by atoms with Crippen molar-refractivity contribution < 1.29 is 9.18 Å². The number of hydrogen-bond acceptors (Lipinski definition) is 3. The van der Waals surface area contributed by atoms with Gasteiger partial charge in [0.25, 0.3) is 5.91 Å². The Kier molecular flexibility index (Phi) is 3.96. The molecule has 1 heterocycles. The maximum atomic E-state index is 13.3. The monoisotopic (exact) mass is 376 g/mol. The van der Waals surface area contributed by atoms with Gasteiger partial charge in [-0.3, -0.25) is 4.79 Å². The Balaban J connectivity index is 1.50. The summed E-state index contributed by atoms with van der Waals surface area (Å²) in [5, 5.41) is 5.14. The molecule has 0 aliphatic heterocycles. The Bertz CT molecular complexity index is 931. The van der Waals surface area contributed by atoms with E-state index in [4.69, 9.17) is 11.6 Å². The zero-order valence-corrected chi connectivity index (χ0v) is 15.5. The van der Waals surface area contributed by atoms with Gasteiger partial charge in [0.2, 0.25) is 0 Å². The molecule has 2 aromatic rings. The Morgan fingerprint density at radius 1 is 1.48 bits per heavy atom. The van der Waals surface area contributed by atoms with E-state index < -0.39 is 0 Å². The summed E-state index contributed by atoms with van der Waals surface area (Å²) in [4.78, 5) is 12.7. The van der Waals surface area contributed by atoms with E-state index in [1.807, 2.05) is 0 Å². The molecule has 1 fully saturated rings. The van der Waals surface area contributed by atoms with Crippen LogP contribution in [0.3, 0.4) is 0 Å². The van der Waals surface area contributed by atoms with E-state index >= 15 is 0 Å². The van der Waals surface area contributed by atoms with Crippen LogP contribution in [0.1, 0.15) is 36.4 Å². The number of amides is 1. The van der Waals surface area contributed by atoms with E-state index in [2.05, 4.69) is 30.5 Å². The fraction of sp³-hybridized carbons (Fsp3) is 0.368. The summed E-state index contributed by atoms with van der Waals surface area (Å²) in [6, 6.07) is 4.31. The quantitative estimate of drug-likeness (QED) is 0.565. The second-order valence-corrected chi connectivity index (χ2v) is 8.76. The third-order valence-electron chi connectivity index (χ3n) is 5.69. The standard InChI is InChI=1S/C19H18ClFN2OS/c1-19(2)11-4-3-10(14(19)7-11)9-22-23-18(24)17-16(20)13-6-5-12(21)8-15(13)25-17/h3,5-6,8-9,11,14H,4,7H2,1-2H3,(H,23,24)/b22-9+. The number of hydrogen-bond donors (Lipinski definition) is 1. The third kappa shape index (κ3) is 2.70. The number of allylic oxidation sites excluding steroid dienone is 2. The summed E-state index contributed by atoms with van der Waals surface area (Å²) >= 11 is 7.43. The third-order valence-corrected chi connectivity index (χ3v) is 7.34. The van der Waals surface area contributed by atoms with Crippen molar-refractivity contribution in [1.82, 2.24) is 5.43 Å². The number of fused-ring (bicyclic) bond motifs is 2. The van der Waals surface area contributed by atoms with Gasteiger partial charge in [0.05, 0.1) is 11.2 Å². The van der Waals surface area contributed by atoms with Gasteiger partial charge in [0.1, 0.15) is 10.7 Å². The molecule has 2 unspecified atom stereocenters. The van der Waals surface area contributed by atoms with Crippen LogP contribution < -0.4 is 5.43 Å². The Labute approximate surface area is 154 Å². The van der Waals surface area contributed by atoms with Crippen LogP contribution in [0.15, 0.2) is 34.9 Å². The summed E-state index contributed by atoms with van der Waals surface area (Å²) in [5.74, 6) is 0.566. The molecule has 3 aliphatic carbocycles. The van der Waals surface area contributed by atoms with E-state index in [0.717, 1.165) is 12.3 Å². The molecule has 0 spiro atoms. The average molecular weight is 377 g/mol. The van der Waals surface area contributed by atoms with Crippen LogP contribution in [0.4, 0.5) is 4.39 Å². The molecule has 0 radical (unpaired) electrons. The number of nitrogens with one attached hydrogen (secondary N) is 1. The topological polar surface area (TPSA) is 41.5 Å². The minimum atomic E-state index is -0.370. The van der Waals surface area contributed by atoms with E-state index in [-0.39, 0.29) is 11.7 Å². The molecule has 2 bridgehead atoms. The van der Waals surface area contributed by atoms with Gasteiger partial charge >= 0.3 is 0 Å². The lowest BCUT2D eigenvalue weighted by molar-refractivity contribution is -0.00126. The fourth-order valence-electron chi connectivity index (χ4n) is 3.95. The molecule has 5 rings (SSSR count). The van der Waals surface area contributed by atoms with Gasteiger partial charge in [-0.15, -0.1) is 11.3 Å². The van der Waals surface area contributed by atoms with Gasteiger partial charge in [-0.2, -0.15) is 5.10 Å². The first-order valence-corrected chi connectivity index (χ1v) is 9.48. The fourth-order valence-corrected chi connectivity index (χ4v) is 5.38. The highest BCUT2D eigenvalue weighted by Gasteiger charge is 2.50. The molecule has 130 valence electrons. The molecule has 3 aliphatic rings. The summed E-state index contributed by atoms with van der Waals surface area (Å²) in [6.45, 7) is 4.59. The van der Waals surface area contributed by atoms with Crippen molar-refractivity contribution in [2.75, 3.05) is 0 Å². The van der Waals surface area contributed by atoms with Gasteiger partial charge in [-0.1, -0.05) is 31.5 Å². The van der Waals surface area contributed by atoms with Crippen molar-refractivity contribution in [2.45, 2.75) is 26.7 Å². The van der Waals surface area contributed by atoms with Gasteiger partial charge in [-0.25, -0.2) is 9.82 Å². The lowest BCUT2D eigenvalue weighted by Gasteiger charge is -2.55. The van der Waals surface area contributed by atoms with E-state index in [1.165, 1.54) is 35.5 Å². The number of carbonyl (C=O) groups excluding carboxylic acids is 1. The predicted octanol–water partition coefficient (Wildman–Crippen LogP) is 5.40. The number of nitrogens with zero attached hydrogens (tertiary/aromatic N) is 1. The molecule has 0 saturated heterocycles. The maximum Gasteiger partial charge on any atom is 0.283 e. The molecule has 1 aromatic carbocycles.